The third-order valence-corrected chi connectivity index (χ3v) is 3.36. The summed E-state index contributed by atoms with van der Waals surface area (Å²) in [4.78, 5) is 24.6. The highest BCUT2D eigenvalue weighted by molar-refractivity contribution is 5.75. The number of nitrogens with one attached hydrogen (secondary N) is 1. The SMILES string of the molecule is CCN(CC(C)C)C(=O)N[C@H]1CC[C@@H](C(=O)O)C1. The van der Waals surface area contributed by atoms with Gasteiger partial charge in [-0.25, -0.2) is 4.79 Å². The summed E-state index contributed by atoms with van der Waals surface area (Å²) in [6, 6.07) is -0.0537. The molecule has 0 heterocycles. The molecule has 2 atom stereocenters. The van der Waals surface area contributed by atoms with Crippen LogP contribution >= 0.6 is 0 Å². The van der Waals surface area contributed by atoms with Crippen LogP contribution in [0.4, 0.5) is 4.79 Å². The molecule has 5 heteroatoms. The molecule has 0 aromatic rings. The van der Waals surface area contributed by atoms with Crippen molar-refractivity contribution in [1.29, 1.82) is 0 Å². The molecule has 1 aliphatic carbocycles. The average Bonchev–Trinajstić information content (AvgIpc) is 2.74. The van der Waals surface area contributed by atoms with Crippen molar-refractivity contribution in [2.75, 3.05) is 13.1 Å². The summed E-state index contributed by atoms with van der Waals surface area (Å²) in [6.07, 6.45) is 1.98. The van der Waals surface area contributed by atoms with Crippen molar-refractivity contribution < 1.29 is 14.7 Å². The van der Waals surface area contributed by atoms with E-state index in [1.807, 2.05) is 6.92 Å². The molecule has 1 aliphatic rings. The third kappa shape index (κ3) is 4.20. The van der Waals surface area contributed by atoms with Crippen molar-refractivity contribution >= 4 is 12.0 Å². The molecule has 0 saturated heterocycles. The number of hydrogen-bond donors (Lipinski definition) is 2. The zero-order valence-corrected chi connectivity index (χ0v) is 11.5. The average molecular weight is 256 g/mol. The van der Waals surface area contributed by atoms with E-state index in [2.05, 4.69) is 19.2 Å². The van der Waals surface area contributed by atoms with Gasteiger partial charge < -0.3 is 15.3 Å². The summed E-state index contributed by atoms with van der Waals surface area (Å²) in [6.45, 7) is 7.52. The maximum atomic E-state index is 12.0. The Bertz CT molecular complexity index is 305. The predicted octanol–water partition coefficient (Wildman–Crippen LogP) is 1.93. The molecule has 2 amide bonds. The Morgan fingerprint density at radius 1 is 1.39 bits per heavy atom. The monoisotopic (exact) mass is 256 g/mol. The Balaban J connectivity index is 2.42. The van der Waals surface area contributed by atoms with E-state index in [1.54, 1.807) is 4.90 Å². The molecule has 5 nitrogen and oxygen atoms in total. The lowest BCUT2D eigenvalue weighted by atomic mass is 10.1. The zero-order chi connectivity index (χ0) is 13.7. The van der Waals surface area contributed by atoms with E-state index >= 15 is 0 Å². The summed E-state index contributed by atoms with van der Waals surface area (Å²) < 4.78 is 0. The van der Waals surface area contributed by atoms with Crippen LogP contribution in [0.3, 0.4) is 0 Å². The van der Waals surface area contributed by atoms with Gasteiger partial charge in [0, 0.05) is 19.1 Å². The topological polar surface area (TPSA) is 69.6 Å². The van der Waals surface area contributed by atoms with Crippen molar-refractivity contribution in [1.82, 2.24) is 10.2 Å². The molecule has 0 aromatic carbocycles. The van der Waals surface area contributed by atoms with Crippen LogP contribution in [0.1, 0.15) is 40.0 Å². The third-order valence-electron chi connectivity index (χ3n) is 3.36. The van der Waals surface area contributed by atoms with Gasteiger partial charge in [0.2, 0.25) is 0 Å². The van der Waals surface area contributed by atoms with Crippen molar-refractivity contribution in [2.24, 2.45) is 11.8 Å². The van der Waals surface area contributed by atoms with Crippen LogP contribution in [-0.4, -0.2) is 41.1 Å². The van der Waals surface area contributed by atoms with Gasteiger partial charge in [0.15, 0.2) is 0 Å². The van der Waals surface area contributed by atoms with Gasteiger partial charge >= 0.3 is 12.0 Å². The van der Waals surface area contributed by atoms with Gasteiger partial charge in [0.1, 0.15) is 0 Å². The number of carboxylic acid groups (broad SMARTS) is 1. The maximum Gasteiger partial charge on any atom is 0.317 e. The Morgan fingerprint density at radius 3 is 2.50 bits per heavy atom. The first-order valence-electron chi connectivity index (χ1n) is 6.72. The van der Waals surface area contributed by atoms with Gasteiger partial charge in [-0.3, -0.25) is 4.79 Å². The molecule has 1 saturated carbocycles. The lowest BCUT2D eigenvalue weighted by Crippen LogP contribution is -2.45. The molecular weight excluding hydrogens is 232 g/mol. The summed E-state index contributed by atoms with van der Waals surface area (Å²) in [5.41, 5.74) is 0. The van der Waals surface area contributed by atoms with E-state index in [0.717, 1.165) is 13.0 Å². The number of rotatable bonds is 5. The highest BCUT2D eigenvalue weighted by atomic mass is 16.4. The van der Waals surface area contributed by atoms with Gasteiger partial charge in [-0.2, -0.15) is 0 Å². The van der Waals surface area contributed by atoms with E-state index in [9.17, 15) is 9.59 Å². The van der Waals surface area contributed by atoms with Gasteiger partial charge in [0.25, 0.3) is 0 Å². The van der Waals surface area contributed by atoms with E-state index in [1.165, 1.54) is 0 Å². The van der Waals surface area contributed by atoms with Crippen molar-refractivity contribution in [3.8, 4) is 0 Å². The lowest BCUT2D eigenvalue weighted by Gasteiger charge is -2.25. The number of carbonyl (C=O) groups excluding carboxylic acids is 1. The van der Waals surface area contributed by atoms with Crippen LogP contribution in [-0.2, 0) is 4.79 Å². The van der Waals surface area contributed by atoms with Crippen LogP contribution in [0.2, 0.25) is 0 Å². The molecule has 1 fully saturated rings. The number of carboxylic acids is 1. The number of amides is 2. The second-order valence-electron chi connectivity index (χ2n) is 5.43. The number of carbonyl (C=O) groups is 2. The first kappa shape index (κ1) is 14.8. The molecule has 0 aromatic heterocycles. The van der Waals surface area contributed by atoms with Crippen LogP contribution in [0.5, 0.6) is 0 Å². The Kier molecular flexibility index (Phi) is 5.44. The minimum absolute atomic E-state index is 0.0137. The first-order chi connectivity index (χ1) is 8.43. The number of hydrogen-bond acceptors (Lipinski definition) is 2. The van der Waals surface area contributed by atoms with E-state index < -0.39 is 5.97 Å². The Morgan fingerprint density at radius 2 is 2.06 bits per heavy atom. The summed E-state index contributed by atoms with van der Waals surface area (Å²) >= 11 is 0. The van der Waals surface area contributed by atoms with Crippen molar-refractivity contribution in [3.63, 3.8) is 0 Å². The fourth-order valence-corrected chi connectivity index (χ4v) is 2.40. The van der Waals surface area contributed by atoms with Gasteiger partial charge in [-0.15, -0.1) is 0 Å². The lowest BCUT2D eigenvalue weighted by molar-refractivity contribution is -0.141. The molecule has 1 rings (SSSR count). The van der Waals surface area contributed by atoms with Crippen LogP contribution in [0.25, 0.3) is 0 Å². The minimum Gasteiger partial charge on any atom is -0.481 e. The fourth-order valence-electron chi connectivity index (χ4n) is 2.40. The van der Waals surface area contributed by atoms with E-state index in [-0.39, 0.29) is 18.0 Å². The van der Waals surface area contributed by atoms with Crippen LogP contribution < -0.4 is 5.32 Å². The molecule has 18 heavy (non-hydrogen) atoms. The van der Waals surface area contributed by atoms with Gasteiger partial charge in [-0.1, -0.05) is 13.8 Å². The normalized spacial score (nSPS) is 23.1. The second kappa shape index (κ2) is 6.61. The zero-order valence-electron chi connectivity index (χ0n) is 11.5. The van der Waals surface area contributed by atoms with Crippen LogP contribution in [0, 0.1) is 11.8 Å². The second-order valence-corrected chi connectivity index (χ2v) is 5.43. The molecule has 0 spiro atoms. The van der Waals surface area contributed by atoms with E-state index in [0.29, 0.717) is 25.3 Å². The molecule has 0 aliphatic heterocycles. The highest BCUT2D eigenvalue weighted by Gasteiger charge is 2.31. The number of aliphatic carboxylic acids is 1. The largest absolute Gasteiger partial charge is 0.481 e. The minimum atomic E-state index is -0.749. The molecule has 0 unspecified atom stereocenters. The van der Waals surface area contributed by atoms with Crippen molar-refractivity contribution in [2.45, 2.75) is 46.1 Å². The smallest absolute Gasteiger partial charge is 0.317 e. The fraction of sp³-hybridized carbons (Fsp3) is 0.846. The van der Waals surface area contributed by atoms with Gasteiger partial charge in [0.05, 0.1) is 5.92 Å². The highest BCUT2D eigenvalue weighted by Crippen LogP contribution is 2.25. The van der Waals surface area contributed by atoms with Gasteiger partial charge in [-0.05, 0) is 32.1 Å². The predicted molar refractivity (Wildman–Crippen MR) is 69.4 cm³/mol. The van der Waals surface area contributed by atoms with Crippen molar-refractivity contribution in [3.05, 3.63) is 0 Å². The standard InChI is InChI=1S/C13H24N2O3/c1-4-15(8-9(2)3)13(18)14-11-6-5-10(7-11)12(16)17/h9-11H,4-8H2,1-3H3,(H,14,18)(H,16,17)/t10-,11+/m1/s1. The molecule has 104 valence electrons. The molecule has 0 radical (unpaired) electrons. The Hall–Kier alpha value is -1.26. The quantitative estimate of drug-likeness (QED) is 0.789. The first-order valence-corrected chi connectivity index (χ1v) is 6.72. The number of urea groups is 1. The molecule has 0 bridgehead atoms. The Labute approximate surface area is 109 Å². The summed E-state index contributed by atoms with van der Waals surface area (Å²) in [5.74, 6) is -0.609. The van der Waals surface area contributed by atoms with Crippen LogP contribution in [0.15, 0.2) is 0 Å². The molecular formula is C13H24N2O3. The number of nitrogens with zero attached hydrogens (tertiary/aromatic N) is 1. The maximum absolute atomic E-state index is 12.0. The molecule has 2 N–H and O–H groups in total. The summed E-state index contributed by atoms with van der Waals surface area (Å²) in [7, 11) is 0. The summed E-state index contributed by atoms with van der Waals surface area (Å²) in [5, 5.41) is 11.9. The van der Waals surface area contributed by atoms with E-state index in [4.69, 9.17) is 5.11 Å².